The van der Waals surface area contributed by atoms with Gasteiger partial charge in [-0.2, -0.15) is 0 Å². The molecule has 0 atom stereocenters. The number of imidazole rings is 1. The van der Waals surface area contributed by atoms with Crippen molar-refractivity contribution in [1.82, 2.24) is 19.4 Å². The molecular formula is C21H26N4S. The standard InChI is InChI=1S/C21H26N4S/c1-2-20-22-10-13-25(20)14-17-8-11-24(12-9-17)15-19-16-26-21(23-19)18-6-4-3-5-7-18/h3-7,10,13,16-17H,2,8-9,11-12,14-15H2,1H3. The van der Waals surface area contributed by atoms with Crippen LogP contribution in [0.5, 0.6) is 0 Å². The van der Waals surface area contributed by atoms with Crippen molar-refractivity contribution in [2.24, 2.45) is 5.92 Å². The minimum Gasteiger partial charge on any atom is -0.335 e. The fourth-order valence-corrected chi connectivity index (χ4v) is 4.56. The summed E-state index contributed by atoms with van der Waals surface area (Å²) in [6.07, 6.45) is 7.60. The molecule has 26 heavy (non-hydrogen) atoms. The third kappa shape index (κ3) is 4.05. The van der Waals surface area contributed by atoms with Crippen LogP contribution in [0.4, 0.5) is 0 Å². The van der Waals surface area contributed by atoms with E-state index >= 15 is 0 Å². The van der Waals surface area contributed by atoms with Crippen LogP contribution >= 0.6 is 11.3 Å². The van der Waals surface area contributed by atoms with Crippen molar-refractivity contribution < 1.29 is 0 Å². The van der Waals surface area contributed by atoms with Crippen molar-refractivity contribution in [3.05, 3.63) is 59.6 Å². The molecule has 1 saturated heterocycles. The van der Waals surface area contributed by atoms with E-state index in [1.807, 2.05) is 6.20 Å². The van der Waals surface area contributed by atoms with Crippen LogP contribution in [-0.4, -0.2) is 32.5 Å². The summed E-state index contributed by atoms with van der Waals surface area (Å²) in [5.41, 5.74) is 2.42. The second-order valence-electron chi connectivity index (χ2n) is 7.08. The molecule has 0 unspecified atom stereocenters. The highest BCUT2D eigenvalue weighted by atomic mass is 32.1. The lowest BCUT2D eigenvalue weighted by molar-refractivity contribution is 0.165. The Morgan fingerprint density at radius 2 is 1.96 bits per heavy atom. The van der Waals surface area contributed by atoms with Gasteiger partial charge in [0.05, 0.1) is 5.69 Å². The van der Waals surface area contributed by atoms with Crippen LogP contribution < -0.4 is 0 Å². The summed E-state index contributed by atoms with van der Waals surface area (Å²) < 4.78 is 2.34. The van der Waals surface area contributed by atoms with Crippen molar-refractivity contribution in [1.29, 1.82) is 0 Å². The molecule has 0 bridgehead atoms. The quantitative estimate of drug-likeness (QED) is 0.645. The van der Waals surface area contributed by atoms with Gasteiger partial charge in [0.2, 0.25) is 0 Å². The third-order valence-corrected chi connectivity index (χ3v) is 6.18. The van der Waals surface area contributed by atoms with Crippen LogP contribution in [0.25, 0.3) is 10.6 Å². The predicted molar refractivity (Wildman–Crippen MR) is 107 cm³/mol. The first kappa shape index (κ1) is 17.4. The maximum Gasteiger partial charge on any atom is 0.123 e. The average Bonchev–Trinajstić information content (AvgIpc) is 3.33. The van der Waals surface area contributed by atoms with Crippen LogP contribution in [-0.2, 0) is 19.5 Å². The Morgan fingerprint density at radius 1 is 1.15 bits per heavy atom. The van der Waals surface area contributed by atoms with Crippen molar-refractivity contribution in [3.63, 3.8) is 0 Å². The van der Waals surface area contributed by atoms with Gasteiger partial charge in [-0.3, -0.25) is 4.90 Å². The number of nitrogens with zero attached hydrogens (tertiary/aromatic N) is 4. The number of piperidine rings is 1. The Bertz CT molecular complexity index is 815. The van der Waals surface area contributed by atoms with Gasteiger partial charge in [-0.15, -0.1) is 11.3 Å². The lowest BCUT2D eigenvalue weighted by atomic mass is 9.96. The molecule has 1 aromatic carbocycles. The van der Waals surface area contributed by atoms with E-state index in [0.29, 0.717) is 0 Å². The van der Waals surface area contributed by atoms with Crippen LogP contribution in [0.2, 0.25) is 0 Å². The Balaban J connectivity index is 1.30. The van der Waals surface area contributed by atoms with Crippen molar-refractivity contribution in [2.75, 3.05) is 13.1 Å². The van der Waals surface area contributed by atoms with Crippen molar-refractivity contribution >= 4 is 11.3 Å². The molecule has 3 heterocycles. The molecule has 5 heteroatoms. The van der Waals surface area contributed by atoms with Crippen LogP contribution in [0, 0.1) is 5.92 Å². The minimum atomic E-state index is 0.765. The maximum atomic E-state index is 4.84. The van der Waals surface area contributed by atoms with E-state index in [1.165, 1.54) is 43.0 Å². The number of benzene rings is 1. The first-order valence-corrected chi connectivity index (χ1v) is 10.4. The molecule has 4 nitrogen and oxygen atoms in total. The molecule has 0 saturated carbocycles. The maximum absolute atomic E-state index is 4.84. The van der Waals surface area contributed by atoms with Crippen LogP contribution in [0.3, 0.4) is 0 Å². The fourth-order valence-electron chi connectivity index (χ4n) is 3.75. The highest BCUT2D eigenvalue weighted by molar-refractivity contribution is 7.13. The zero-order valence-electron chi connectivity index (χ0n) is 15.3. The second-order valence-corrected chi connectivity index (χ2v) is 7.94. The smallest absolute Gasteiger partial charge is 0.123 e. The van der Waals surface area contributed by atoms with Gasteiger partial charge in [0.15, 0.2) is 0 Å². The zero-order valence-corrected chi connectivity index (χ0v) is 16.2. The van der Waals surface area contributed by atoms with E-state index in [0.717, 1.165) is 30.4 Å². The summed E-state index contributed by atoms with van der Waals surface area (Å²) in [5.74, 6) is 1.98. The molecule has 3 aromatic rings. The number of rotatable bonds is 6. The molecule has 4 rings (SSSR count). The molecule has 0 aliphatic carbocycles. The molecule has 1 aliphatic rings. The Kier molecular flexibility index (Phi) is 5.46. The van der Waals surface area contributed by atoms with Crippen molar-refractivity contribution in [2.45, 2.75) is 39.3 Å². The molecule has 0 radical (unpaired) electrons. The van der Waals surface area contributed by atoms with E-state index in [9.17, 15) is 0 Å². The lowest BCUT2D eigenvalue weighted by Gasteiger charge is -2.31. The summed E-state index contributed by atoms with van der Waals surface area (Å²) in [4.78, 5) is 11.8. The Labute approximate surface area is 159 Å². The second kappa shape index (κ2) is 8.14. The Morgan fingerprint density at radius 3 is 2.73 bits per heavy atom. The van der Waals surface area contributed by atoms with Crippen LogP contribution in [0.1, 0.15) is 31.3 Å². The fraction of sp³-hybridized carbons (Fsp3) is 0.429. The lowest BCUT2D eigenvalue weighted by Crippen LogP contribution is -2.34. The number of likely N-dealkylation sites (tertiary alicyclic amines) is 1. The molecular weight excluding hydrogens is 340 g/mol. The van der Waals surface area contributed by atoms with Gasteiger partial charge in [0.25, 0.3) is 0 Å². The number of aryl methyl sites for hydroxylation is 1. The number of hydrogen-bond donors (Lipinski definition) is 0. The van der Waals surface area contributed by atoms with Gasteiger partial charge >= 0.3 is 0 Å². The topological polar surface area (TPSA) is 34.0 Å². The summed E-state index contributed by atoms with van der Waals surface area (Å²) >= 11 is 1.75. The molecule has 2 aromatic heterocycles. The third-order valence-electron chi connectivity index (χ3n) is 5.24. The minimum absolute atomic E-state index is 0.765. The molecule has 0 spiro atoms. The first-order chi connectivity index (χ1) is 12.8. The molecule has 136 valence electrons. The monoisotopic (exact) mass is 366 g/mol. The summed E-state index contributed by atoms with van der Waals surface area (Å²) in [7, 11) is 0. The van der Waals surface area contributed by atoms with Gasteiger partial charge in [-0.25, -0.2) is 9.97 Å². The van der Waals surface area contributed by atoms with Gasteiger partial charge in [0.1, 0.15) is 10.8 Å². The van der Waals surface area contributed by atoms with Gasteiger partial charge < -0.3 is 4.57 Å². The van der Waals surface area contributed by atoms with Crippen LogP contribution in [0.15, 0.2) is 48.1 Å². The molecule has 0 amide bonds. The van der Waals surface area contributed by atoms with Gasteiger partial charge in [-0.05, 0) is 31.8 Å². The SMILES string of the molecule is CCc1nccn1CC1CCN(Cc2csc(-c3ccccc3)n2)CC1. The average molecular weight is 367 g/mol. The van der Waals surface area contributed by atoms with E-state index in [1.54, 1.807) is 11.3 Å². The highest BCUT2D eigenvalue weighted by Gasteiger charge is 2.21. The van der Waals surface area contributed by atoms with E-state index < -0.39 is 0 Å². The van der Waals surface area contributed by atoms with E-state index in [2.05, 4.69) is 63.3 Å². The number of aromatic nitrogens is 3. The predicted octanol–water partition coefficient (Wildman–Crippen LogP) is 4.48. The van der Waals surface area contributed by atoms with Gasteiger partial charge in [0, 0.05) is 42.8 Å². The summed E-state index contributed by atoms with van der Waals surface area (Å²) in [6.45, 7) is 6.60. The highest BCUT2D eigenvalue weighted by Crippen LogP contribution is 2.25. The number of thiazole rings is 1. The normalized spacial score (nSPS) is 16.2. The Hall–Kier alpha value is -1.98. The first-order valence-electron chi connectivity index (χ1n) is 9.54. The molecule has 1 fully saturated rings. The largest absolute Gasteiger partial charge is 0.335 e. The number of hydrogen-bond acceptors (Lipinski definition) is 4. The zero-order chi connectivity index (χ0) is 17.8. The van der Waals surface area contributed by atoms with Crippen molar-refractivity contribution in [3.8, 4) is 10.6 Å². The van der Waals surface area contributed by atoms with E-state index in [-0.39, 0.29) is 0 Å². The summed E-state index contributed by atoms with van der Waals surface area (Å²) in [5, 5.41) is 3.34. The van der Waals surface area contributed by atoms with Gasteiger partial charge in [-0.1, -0.05) is 37.3 Å². The molecule has 1 aliphatic heterocycles. The van der Waals surface area contributed by atoms with E-state index in [4.69, 9.17) is 4.98 Å². The summed E-state index contributed by atoms with van der Waals surface area (Å²) in [6, 6.07) is 10.5. The molecule has 0 N–H and O–H groups in total.